The van der Waals surface area contributed by atoms with Crippen molar-refractivity contribution in [1.82, 2.24) is 4.90 Å². The highest BCUT2D eigenvalue weighted by Crippen LogP contribution is 2.36. The lowest BCUT2D eigenvalue weighted by Gasteiger charge is -2.27. The molecular weight excluding hydrogens is 230 g/mol. The highest BCUT2D eigenvalue weighted by Gasteiger charge is 2.34. The molecule has 17 heavy (non-hydrogen) atoms. The second-order valence-electron chi connectivity index (χ2n) is 5.23. The van der Waals surface area contributed by atoms with Crippen LogP contribution in [0.25, 0.3) is 0 Å². The van der Waals surface area contributed by atoms with Crippen molar-refractivity contribution in [1.29, 1.82) is 0 Å². The Morgan fingerprint density at radius 3 is 2.76 bits per heavy atom. The summed E-state index contributed by atoms with van der Waals surface area (Å²) in [5, 5.41) is 4.32. The first kappa shape index (κ1) is 11.3. The molecule has 0 bridgehead atoms. The molecule has 1 aromatic heterocycles. The van der Waals surface area contributed by atoms with Crippen LogP contribution in [-0.4, -0.2) is 17.4 Å². The molecule has 1 aliphatic carbocycles. The van der Waals surface area contributed by atoms with Crippen LogP contribution >= 0.6 is 11.3 Å². The monoisotopic (exact) mass is 249 g/mol. The van der Waals surface area contributed by atoms with Gasteiger partial charge in [0.25, 0.3) is 0 Å². The van der Waals surface area contributed by atoms with Gasteiger partial charge in [-0.2, -0.15) is 11.3 Å². The molecule has 0 aromatic carbocycles. The molecule has 0 N–H and O–H groups in total. The first-order valence-electron chi connectivity index (χ1n) is 6.69. The fourth-order valence-electron chi connectivity index (χ4n) is 3.25. The summed E-state index contributed by atoms with van der Waals surface area (Å²) in [6.07, 6.45) is 7.03. The van der Waals surface area contributed by atoms with E-state index in [1.54, 1.807) is 11.3 Å². The van der Waals surface area contributed by atoms with Crippen molar-refractivity contribution in [2.24, 2.45) is 5.92 Å². The minimum Gasteiger partial charge on any atom is -0.335 e. The van der Waals surface area contributed by atoms with Crippen molar-refractivity contribution in [2.75, 3.05) is 6.54 Å². The number of rotatable bonds is 2. The van der Waals surface area contributed by atoms with Gasteiger partial charge in [0.15, 0.2) is 0 Å². The lowest BCUT2D eigenvalue weighted by molar-refractivity contribution is -0.136. The second-order valence-corrected chi connectivity index (χ2v) is 6.01. The lowest BCUT2D eigenvalue weighted by Crippen LogP contribution is -2.34. The third-order valence-corrected chi connectivity index (χ3v) is 4.87. The Hall–Kier alpha value is -0.830. The predicted molar refractivity (Wildman–Crippen MR) is 70.0 cm³/mol. The molecule has 92 valence electrons. The maximum atomic E-state index is 12.5. The summed E-state index contributed by atoms with van der Waals surface area (Å²) in [4.78, 5) is 14.6. The van der Waals surface area contributed by atoms with E-state index >= 15 is 0 Å². The molecule has 2 aliphatic rings. The van der Waals surface area contributed by atoms with Crippen LogP contribution in [-0.2, 0) is 4.79 Å². The van der Waals surface area contributed by atoms with Crippen LogP contribution in [0.1, 0.15) is 50.1 Å². The highest BCUT2D eigenvalue weighted by molar-refractivity contribution is 7.07. The van der Waals surface area contributed by atoms with Gasteiger partial charge in [0, 0.05) is 12.5 Å². The summed E-state index contributed by atoms with van der Waals surface area (Å²) in [7, 11) is 0. The van der Waals surface area contributed by atoms with Crippen LogP contribution in [0.5, 0.6) is 0 Å². The average molecular weight is 249 g/mol. The first-order chi connectivity index (χ1) is 8.36. The molecule has 0 radical (unpaired) electrons. The average Bonchev–Trinajstić information content (AvgIpc) is 3.09. The minimum absolute atomic E-state index is 0.328. The molecule has 1 saturated heterocycles. The standard InChI is InChI=1S/C14H19NOS/c16-14(11-4-1-2-5-11)15-8-3-6-13(15)12-7-9-17-10-12/h7,9-11,13H,1-6,8H2. The molecule has 1 atom stereocenters. The van der Waals surface area contributed by atoms with Gasteiger partial charge < -0.3 is 4.90 Å². The third-order valence-electron chi connectivity index (χ3n) is 4.17. The Kier molecular flexibility index (Phi) is 3.19. The SMILES string of the molecule is O=C(C1CCCC1)N1CCCC1c1ccsc1. The van der Waals surface area contributed by atoms with Crippen LogP contribution in [0.2, 0.25) is 0 Å². The summed E-state index contributed by atoms with van der Waals surface area (Å²) in [6, 6.07) is 2.55. The minimum atomic E-state index is 0.328. The van der Waals surface area contributed by atoms with Crippen molar-refractivity contribution in [3.05, 3.63) is 22.4 Å². The molecule has 1 aromatic rings. The van der Waals surface area contributed by atoms with E-state index in [4.69, 9.17) is 0 Å². The number of carbonyl (C=O) groups is 1. The maximum Gasteiger partial charge on any atom is 0.226 e. The molecule has 3 rings (SSSR count). The second kappa shape index (κ2) is 4.81. The van der Waals surface area contributed by atoms with Gasteiger partial charge in [-0.05, 0) is 48.1 Å². The predicted octanol–water partition coefficient (Wildman–Crippen LogP) is 3.60. The fraction of sp³-hybridized carbons (Fsp3) is 0.643. The smallest absolute Gasteiger partial charge is 0.226 e. The van der Waals surface area contributed by atoms with E-state index in [-0.39, 0.29) is 0 Å². The number of carbonyl (C=O) groups excluding carboxylic acids is 1. The van der Waals surface area contributed by atoms with Crippen LogP contribution in [0.3, 0.4) is 0 Å². The number of amides is 1. The van der Waals surface area contributed by atoms with Gasteiger partial charge >= 0.3 is 0 Å². The van der Waals surface area contributed by atoms with E-state index in [0.29, 0.717) is 17.9 Å². The summed E-state index contributed by atoms with van der Waals surface area (Å²) < 4.78 is 0. The van der Waals surface area contributed by atoms with Crippen LogP contribution < -0.4 is 0 Å². The molecule has 1 unspecified atom stereocenters. The molecular formula is C14H19NOS. The topological polar surface area (TPSA) is 20.3 Å². The van der Waals surface area contributed by atoms with Crippen molar-refractivity contribution < 1.29 is 4.79 Å². The Morgan fingerprint density at radius 1 is 1.24 bits per heavy atom. The van der Waals surface area contributed by atoms with E-state index in [9.17, 15) is 4.79 Å². The Balaban J connectivity index is 1.75. The molecule has 1 amide bonds. The number of thiophene rings is 1. The van der Waals surface area contributed by atoms with Gasteiger partial charge in [-0.15, -0.1) is 0 Å². The fourth-order valence-corrected chi connectivity index (χ4v) is 3.96. The Labute approximate surface area is 107 Å². The molecule has 3 heteroatoms. The summed E-state index contributed by atoms with van der Waals surface area (Å²) in [5.74, 6) is 0.755. The Bertz CT molecular complexity index is 381. The molecule has 1 saturated carbocycles. The van der Waals surface area contributed by atoms with E-state index in [1.807, 2.05) is 0 Å². The molecule has 1 aliphatic heterocycles. The van der Waals surface area contributed by atoms with Gasteiger partial charge in [-0.25, -0.2) is 0 Å². The van der Waals surface area contributed by atoms with Crippen molar-refractivity contribution in [3.8, 4) is 0 Å². The van der Waals surface area contributed by atoms with Crippen molar-refractivity contribution in [2.45, 2.75) is 44.6 Å². The zero-order valence-corrected chi connectivity index (χ0v) is 10.9. The number of hydrogen-bond donors (Lipinski definition) is 0. The number of hydrogen-bond acceptors (Lipinski definition) is 2. The summed E-state index contributed by atoms with van der Waals surface area (Å²) in [5.41, 5.74) is 1.35. The highest BCUT2D eigenvalue weighted by atomic mass is 32.1. The summed E-state index contributed by atoms with van der Waals surface area (Å²) in [6.45, 7) is 0.968. The van der Waals surface area contributed by atoms with Crippen LogP contribution in [0.4, 0.5) is 0 Å². The van der Waals surface area contributed by atoms with Crippen LogP contribution in [0.15, 0.2) is 16.8 Å². The zero-order chi connectivity index (χ0) is 11.7. The number of likely N-dealkylation sites (tertiary alicyclic amines) is 1. The maximum absolute atomic E-state index is 12.5. The molecule has 2 heterocycles. The van der Waals surface area contributed by atoms with Crippen molar-refractivity contribution >= 4 is 17.2 Å². The lowest BCUT2D eigenvalue weighted by atomic mass is 10.0. The summed E-state index contributed by atoms with van der Waals surface area (Å²) >= 11 is 1.73. The van der Waals surface area contributed by atoms with Gasteiger partial charge in [-0.1, -0.05) is 12.8 Å². The molecule has 2 fully saturated rings. The molecule has 0 spiro atoms. The van der Waals surface area contributed by atoms with E-state index < -0.39 is 0 Å². The zero-order valence-electron chi connectivity index (χ0n) is 10.1. The first-order valence-corrected chi connectivity index (χ1v) is 7.63. The van der Waals surface area contributed by atoms with Gasteiger partial charge in [0.2, 0.25) is 5.91 Å². The van der Waals surface area contributed by atoms with Crippen molar-refractivity contribution in [3.63, 3.8) is 0 Å². The van der Waals surface area contributed by atoms with Gasteiger partial charge in [0.05, 0.1) is 6.04 Å². The third kappa shape index (κ3) is 2.13. The Morgan fingerprint density at radius 2 is 2.06 bits per heavy atom. The van der Waals surface area contributed by atoms with E-state index in [2.05, 4.69) is 21.7 Å². The molecule has 2 nitrogen and oxygen atoms in total. The van der Waals surface area contributed by atoms with E-state index in [0.717, 1.165) is 25.8 Å². The van der Waals surface area contributed by atoms with E-state index in [1.165, 1.54) is 24.8 Å². The normalized spacial score (nSPS) is 25.6. The van der Waals surface area contributed by atoms with Gasteiger partial charge in [-0.3, -0.25) is 4.79 Å². The van der Waals surface area contributed by atoms with Crippen LogP contribution in [0, 0.1) is 5.92 Å². The van der Waals surface area contributed by atoms with Gasteiger partial charge in [0.1, 0.15) is 0 Å². The number of nitrogens with zero attached hydrogens (tertiary/aromatic N) is 1. The largest absolute Gasteiger partial charge is 0.335 e. The quantitative estimate of drug-likeness (QED) is 0.784.